The molecule has 19 heavy (non-hydrogen) atoms. The van der Waals surface area contributed by atoms with E-state index in [1.807, 2.05) is 6.92 Å². The number of rotatable bonds is 4. The number of amides is 1. The molecule has 0 radical (unpaired) electrons. The summed E-state index contributed by atoms with van der Waals surface area (Å²) >= 11 is 0. The number of aryl methyl sites for hydroxylation is 1. The van der Waals surface area contributed by atoms with Crippen molar-refractivity contribution in [3.05, 3.63) is 18.0 Å². The monoisotopic (exact) mass is 285 g/mol. The van der Waals surface area contributed by atoms with E-state index >= 15 is 0 Å². The number of hydrogen-bond acceptors (Lipinski definition) is 3. The first-order valence-corrected chi connectivity index (χ1v) is 8.00. The lowest BCUT2D eigenvalue weighted by molar-refractivity contribution is 0.0928. The molecular weight excluding hydrogens is 266 g/mol. The topological polar surface area (TPSA) is 94.2 Å². The highest BCUT2D eigenvalue weighted by Crippen LogP contribution is 2.19. The fourth-order valence-corrected chi connectivity index (χ4v) is 2.97. The number of nitrogens with two attached hydrogens (primary N) is 1. The lowest BCUT2D eigenvalue weighted by atomic mass is 10.2. The average Bonchev–Trinajstić information content (AvgIpc) is 2.95. The number of primary sulfonamides is 1. The third-order valence-electron chi connectivity index (χ3n) is 3.46. The van der Waals surface area contributed by atoms with Crippen LogP contribution in [0.3, 0.4) is 0 Å². The molecule has 1 amide bonds. The fourth-order valence-electron chi connectivity index (χ4n) is 2.42. The van der Waals surface area contributed by atoms with Crippen LogP contribution in [0.25, 0.3) is 0 Å². The van der Waals surface area contributed by atoms with Crippen molar-refractivity contribution in [1.82, 2.24) is 9.88 Å². The van der Waals surface area contributed by atoms with Crippen LogP contribution in [0.5, 0.6) is 0 Å². The minimum Gasteiger partial charge on any atom is -0.348 e. The van der Waals surface area contributed by atoms with Crippen LogP contribution in [0.4, 0.5) is 0 Å². The molecule has 1 aliphatic carbocycles. The Hall–Kier alpha value is -1.34. The molecule has 0 atom stereocenters. The molecule has 7 heteroatoms. The van der Waals surface area contributed by atoms with E-state index in [0.29, 0.717) is 12.2 Å². The molecule has 0 unspecified atom stereocenters. The Morgan fingerprint density at radius 3 is 2.63 bits per heavy atom. The highest BCUT2D eigenvalue weighted by molar-refractivity contribution is 7.89. The summed E-state index contributed by atoms with van der Waals surface area (Å²) in [7, 11) is -3.78. The molecule has 1 fully saturated rings. The highest BCUT2D eigenvalue weighted by Gasteiger charge is 2.22. The second kappa shape index (κ2) is 5.34. The number of carbonyl (C=O) groups excluding carboxylic acids is 1. The van der Waals surface area contributed by atoms with E-state index in [1.54, 1.807) is 4.57 Å². The number of nitrogens with zero attached hydrogens (tertiary/aromatic N) is 1. The molecule has 0 aliphatic heterocycles. The Bertz CT molecular complexity index is 571. The average molecular weight is 285 g/mol. The van der Waals surface area contributed by atoms with Crippen molar-refractivity contribution < 1.29 is 13.2 Å². The summed E-state index contributed by atoms with van der Waals surface area (Å²) in [6.07, 6.45) is 5.63. The number of sulfonamides is 1. The predicted molar refractivity (Wildman–Crippen MR) is 71.2 cm³/mol. The van der Waals surface area contributed by atoms with Crippen molar-refractivity contribution in [3.63, 3.8) is 0 Å². The molecule has 1 aromatic rings. The molecule has 1 aromatic heterocycles. The van der Waals surface area contributed by atoms with Gasteiger partial charge in [-0.2, -0.15) is 0 Å². The van der Waals surface area contributed by atoms with Gasteiger partial charge in [-0.25, -0.2) is 13.6 Å². The summed E-state index contributed by atoms with van der Waals surface area (Å²) in [4.78, 5) is 12.1. The molecule has 1 saturated carbocycles. The van der Waals surface area contributed by atoms with Crippen molar-refractivity contribution in [2.24, 2.45) is 5.14 Å². The number of carbonyl (C=O) groups is 1. The van der Waals surface area contributed by atoms with E-state index in [0.717, 1.165) is 25.7 Å². The minimum atomic E-state index is -3.78. The first-order valence-electron chi connectivity index (χ1n) is 6.45. The second-order valence-corrected chi connectivity index (χ2v) is 6.41. The summed E-state index contributed by atoms with van der Waals surface area (Å²) in [6.45, 7) is 2.36. The lowest BCUT2D eigenvalue weighted by Gasteiger charge is -2.12. The summed E-state index contributed by atoms with van der Waals surface area (Å²) in [5.74, 6) is -0.233. The normalized spacial score (nSPS) is 16.7. The van der Waals surface area contributed by atoms with Crippen molar-refractivity contribution >= 4 is 15.9 Å². The van der Waals surface area contributed by atoms with Gasteiger partial charge in [0.2, 0.25) is 10.0 Å². The smallest absolute Gasteiger partial charge is 0.268 e. The number of hydrogen-bond donors (Lipinski definition) is 2. The summed E-state index contributed by atoms with van der Waals surface area (Å²) in [5, 5.41) is 8.02. The third kappa shape index (κ3) is 3.16. The van der Waals surface area contributed by atoms with E-state index < -0.39 is 10.0 Å². The van der Waals surface area contributed by atoms with E-state index in [9.17, 15) is 13.2 Å². The van der Waals surface area contributed by atoms with Gasteiger partial charge in [0.25, 0.3) is 5.91 Å². The fraction of sp³-hybridized carbons (Fsp3) is 0.583. The van der Waals surface area contributed by atoms with E-state index in [-0.39, 0.29) is 16.8 Å². The van der Waals surface area contributed by atoms with Crippen molar-refractivity contribution in [2.45, 2.75) is 50.1 Å². The lowest BCUT2D eigenvalue weighted by Crippen LogP contribution is -2.33. The molecule has 0 saturated heterocycles. The Balaban J connectivity index is 2.22. The maximum absolute atomic E-state index is 12.2. The van der Waals surface area contributed by atoms with Gasteiger partial charge >= 0.3 is 0 Å². The van der Waals surface area contributed by atoms with Gasteiger partial charge in [0.15, 0.2) is 0 Å². The van der Waals surface area contributed by atoms with E-state index in [2.05, 4.69) is 5.32 Å². The largest absolute Gasteiger partial charge is 0.348 e. The maximum Gasteiger partial charge on any atom is 0.268 e. The molecule has 2 rings (SSSR count). The Kier molecular flexibility index (Phi) is 3.96. The first-order chi connectivity index (χ1) is 8.91. The van der Waals surface area contributed by atoms with Gasteiger partial charge in [-0.05, 0) is 25.8 Å². The Labute approximate surface area is 113 Å². The standard InChI is InChI=1S/C12H19N3O3S/c1-2-15-8-10(19(13,17)18)7-11(15)12(16)14-9-5-3-4-6-9/h7-9H,2-6H2,1H3,(H,14,16)(H2,13,17,18). The third-order valence-corrected chi connectivity index (χ3v) is 4.34. The van der Waals surface area contributed by atoms with Crippen LogP contribution in [-0.2, 0) is 16.6 Å². The second-order valence-electron chi connectivity index (χ2n) is 4.85. The zero-order valence-corrected chi connectivity index (χ0v) is 11.7. The minimum absolute atomic E-state index is 0.0223. The molecule has 106 valence electrons. The van der Waals surface area contributed by atoms with Crippen LogP contribution in [-0.4, -0.2) is 24.9 Å². The van der Waals surface area contributed by atoms with Gasteiger partial charge in [-0.1, -0.05) is 12.8 Å². The SMILES string of the molecule is CCn1cc(S(N)(=O)=O)cc1C(=O)NC1CCCC1. The van der Waals surface area contributed by atoms with Crippen LogP contribution in [0.1, 0.15) is 43.1 Å². The molecule has 0 spiro atoms. The molecular formula is C12H19N3O3S. The summed E-state index contributed by atoms with van der Waals surface area (Å²) in [5.41, 5.74) is 0.346. The maximum atomic E-state index is 12.2. The van der Waals surface area contributed by atoms with Gasteiger partial charge in [-0.3, -0.25) is 4.79 Å². The number of nitrogens with one attached hydrogen (secondary N) is 1. The van der Waals surface area contributed by atoms with Gasteiger partial charge in [0.1, 0.15) is 10.6 Å². The molecule has 0 aromatic carbocycles. The summed E-state index contributed by atoms with van der Waals surface area (Å²) < 4.78 is 24.2. The van der Waals surface area contributed by atoms with Crippen LogP contribution >= 0.6 is 0 Å². The zero-order valence-electron chi connectivity index (χ0n) is 10.9. The molecule has 1 aliphatic rings. The Morgan fingerprint density at radius 1 is 1.47 bits per heavy atom. The van der Waals surface area contributed by atoms with Gasteiger partial charge in [0, 0.05) is 18.8 Å². The first kappa shape index (κ1) is 14.1. The van der Waals surface area contributed by atoms with Crippen LogP contribution in [0.2, 0.25) is 0 Å². The molecule has 0 bridgehead atoms. The van der Waals surface area contributed by atoms with Crippen LogP contribution in [0, 0.1) is 0 Å². The molecule has 6 nitrogen and oxygen atoms in total. The number of aromatic nitrogens is 1. The van der Waals surface area contributed by atoms with Crippen molar-refractivity contribution in [3.8, 4) is 0 Å². The van der Waals surface area contributed by atoms with Crippen molar-refractivity contribution in [1.29, 1.82) is 0 Å². The summed E-state index contributed by atoms with van der Waals surface area (Å²) in [6, 6.07) is 1.54. The molecule has 3 N–H and O–H groups in total. The van der Waals surface area contributed by atoms with Crippen molar-refractivity contribution in [2.75, 3.05) is 0 Å². The predicted octanol–water partition coefficient (Wildman–Crippen LogP) is 0.828. The Morgan fingerprint density at radius 2 is 2.11 bits per heavy atom. The van der Waals surface area contributed by atoms with Gasteiger partial charge in [0.05, 0.1) is 0 Å². The zero-order chi connectivity index (χ0) is 14.0. The van der Waals surface area contributed by atoms with Crippen LogP contribution < -0.4 is 10.5 Å². The van der Waals surface area contributed by atoms with Gasteiger partial charge < -0.3 is 9.88 Å². The van der Waals surface area contributed by atoms with Gasteiger partial charge in [-0.15, -0.1) is 0 Å². The molecule has 1 heterocycles. The highest BCUT2D eigenvalue weighted by atomic mass is 32.2. The van der Waals surface area contributed by atoms with E-state index in [4.69, 9.17) is 5.14 Å². The quantitative estimate of drug-likeness (QED) is 0.857. The van der Waals surface area contributed by atoms with Crippen LogP contribution in [0.15, 0.2) is 17.2 Å². The van der Waals surface area contributed by atoms with E-state index in [1.165, 1.54) is 12.3 Å².